The van der Waals surface area contributed by atoms with E-state index in [0.717, 1.165) is 11.4 Å². The molecule has 0 aliphatic carbocycles. The van der Waals surface area contributed by atoms with Crippen LogP contribution >= 0.6 is 0 Å². The van der Waals surface area contributed by atoms with Gasteiger partial charge in [-0.15, -0.1) is 0 Å². The highest BCUT2D eigenvalue weighted by Gasteiger charge is 2.40. The van der Waals surface area contributed by atoms with Crippen LogP contribution in [0.3, 0.4) is 0 Å². The average Bonchev–Trinajstić information content (AvgIpc) is 2.31. The van der Waals surface area contributed by atoms with Crippen molar-refractivity contribution >= 4 is 17.5 Å². The number of anilines is 1. The van der Waals surface area contributed by atoms with Crippen molar-refractivity contribution in [3.63, 3.8) is 0 Å². The summed E-state index contributed by atoms with van der Waals surface area (Å²) in [5, 5.41) is 2.79. The first-order valence-electron chi connectivity index (χ1n) is 6.75. The molecule has 1 aliphatic rings. The van der Waals surface area contributed by atoms with E-state index in [4.69, 9.17) is 0 Å². The Bertz CT molecular complexity index is 561. The second kappa shape index (κ2) is 4.89. The van der Waals surface area contributed by atoms with Gasteiger partial charge in [-0.2, -0.15) is 0 Å². The second-order valence-corrected chi connectivity index (χ2v) is 6.35. The number of pyridine rings is 1. The molecule has 0 spiro atoms. The molecule has 0 radical (unpaired) electrons. The number of hydrogen-bond donors (Lipinski definition) is 1. The topological polar surface area (TPSA) is 62.3 Å². The molecule has 1 aliphatic heterocycles. The Hall–Kier alpha value is -1.91. The van der Waals surface area contributed by atoms with Gasteiger partial charge in [0.15, 0.2) is 0 Å². The van der Waals surface area contributed by atoms with Crippen LogP contribution in [0.4, 0.5) is 5.69 Å². The third kappa shape index (κ3) is 2.66. The summed E-state index contributed by atoms with van der Waals surface area (Å²) >= 11 is 0. The van der Waals surface area contributed by atoms with Crippen molar-refractivity contribution < 1.29 is 9.59 Å². The third-order valence-corrected chi connectivity index (χ3v) is 3.47. The van der Waals surface area contributed by atoms with Crippen LogP contribution in [0.25, 0.3) is 0 Å². The monoisotopic (exact) mass is 275 g/mol. The van der Waals surface area contributed by atoms with Gasteiger partial charge in [0, 0.05) is 5.69 Å². The zero-order chi connectivity index (χ0) is 15.1. The van der Waals surface area contributed by atoms with E-state index in [9.17, 15) is 9.59 Å². The lowest BCUT2D eigenvalue weighted by Crippen LogP contribution is -2.62. The summed E-state index contributed by atoms with van der Waals surface area (Å²) in [6.07, 6.45) is 0. The largest absolute Gasteiger partial charge is 0.342 e. The van der Waals surface area contributed by atoms with Crippen molar-refractivity contribution in [1.29, 1.82) is 0 Å². The van der Waals surface area contributed by atoms with Gasteiger partial charge in [-0.05, 0) is 31.4 Å². The standard InChI is InChI=1S/C15H21N3O2/c1-9-6-7-11(10(2)16-9)18-8-12(19)17-13(14(18)20)15(3,4)5/h6-7,13H,8H2,1-5H3,(H,17,19). The van der Waals surface area contributed by atoms with Gasteiger partial charge in [-0.3, -0.25) is 19.5 Å². The fourth-order valence-corrected chi connectivity index (χ4v) is 2.40. The highest BCUT2D eigenvalue weighted by Crippen LogP contribution is 2.27. The van der Waals surface area contributed by atoms with Gasteiger partial charge in [-0.25, -0.2) is 0 Å². The molecule has 1 unspecified atom stereocenters. The Morgan fingerprint density at radius 1 is 1.25 bits per heavy atom. The van der Waals surface area contributed by atoms with Crippen molar-refractivity contribution in [3.05, 3.63) is 23.5 Å². The maximum absolute atomic E-state index is 12.6. The number of aromatic nitrogens is 1. The van der Waals surface area contributed by atoms with Gasteiger partial charge in [0.1, 0.15) is 12.6 Å². The molecule has 0 aromatic carbocycles. The number of piperazine rings is 1. The molecule has 0 bridgehead atoms. The molecular formula is C15H21N3O2. The number of hydrogen-bond acceptors (Lipinski definition) is 3. The van der Waals surface area contributed by atoms with Crippen LogP contribution in [0.5, 0.6) is 0 Å². The van der Waals surface area contributed by atoms with Crippen molar-refractivity contribution in [3.8, 4) is 0 Å². The molecule has 2 amide bonds. The highest BCUT2D eigenvalue weighted by molar-refractivity contribution is 6.07. The zero-order valence-electron chi connectivity index (χ0n) is 12.7. The maximum Gasteiger partial charge on any atom is 0.250 e. The molecule has 5 heteroatoms. The van der Waals surface area contributed by atoms with E-state index in [2.05, 4.69) is 10.3 Å². The molecule has 5 nitrogen and oxygen atoms in total. The van der Waals surface area contributed by atoms with Gasteiger partial charge in [0.2, 0.25) is 5.91 Å². The van der Waals surface area contributed by atoms with E-state index in [-0.39, 0.29) is 23.8 Å². The number of aryl methyl sites for hydroxylation is 2. The third-order valence-electron chi connectivity index (χ3n) is 3.47. The molecule has 1 saturated heterocycles. The van der Waals surface area contributed by atoms with E-state index < -0.39 is 6.04 Å². The molecule has 1 fully saturated rings. The molecule has 1 aromatic heterocycles. The van der Waals surface area contributed by atoms with Crippen LogP contribution in [-0.4, -0.2) is 29.4 Å². The number of carbonyl (C=O) groups excluding carboxylic acids is 2. The number of nitrogens with zero attached hydrogens (tertiary/aromatic N) is 2. The molecule has 2 heterocycles. The van der Waals surface area contributed by atoms with Crippen LogP contribution < -0.4 is 10.2 Å². The van der Waals surface area contributed by atoms with Crippen molar-refractivity contribution in [2.75, 3.05) is 11.4 Å². The quantitative estimate of drug-likeness (QED) is 0.846. The Balaban J connectivity index is 2.40. The Labute approximate surface area is 119 Å². The van der Waals surface area contributed by atoms with Gasteiger partial charge >= 0.3 is 0 Å². The molecule has 1 N–H and O–H groups in total. The molecule has 0 saturated carbocycles. The van der Waals surface area contributed by atoms with Crippen LogP contribution in [0, 0.1) is 19.3 Å². The fraction of sp³-hybridized carbons (Fsp3) is 0.533. The number of carbonyl (C=O) groups is 2. The molecule has 2 rings (SSSR count). The molecule has 1 atom stereocenters. The van der Waals surface area contributed by atoms with Crippen LogP contribution in [0.2, 0.25) is 0 Å². The van der Waals surface area contributed by atoms with E-state index >= 15 is 0 Å². The fourth-order valence-electron chi connectivity index (χ4n) is 2.40. The molecule has 1 aromatic rings. The lowest BCUT2D eigenvalue weighted by molar-refractivity contribution is -0.133. The van der Waals surface area contributed by atoms with E-state index in [1.165, 1.54) is 4.90 Å². The second-order valence-electron chi connectivity index (χ2n) is 6.35. The van der Waals surface area contributed by atoms with Crippen LogP contribution in [0.1, 0.15) is 32.2 Å². The Morgan fingerprint density at radius 3 is 2.45 bits per heavy atom. The van der Waals surface area contributed by atoms with E-state index in [1.54, 1.807) is 0 Å². The van der Waals surface area contributed by atoms with Crippen molar-refractivity contribution in [2.24, 2.45) is 5.41 Å². The van der Waals surface area contributed by atoms with Gasteiger partial charge in [0.25, 0.3) is 5.91 Å². The predicted molar refractivity (Wildman–Crippen MR) is 77.4 cm³/mol. The summed E-state index contributed by atoms with van der Waals surface area (Å²) in [5.41, 5.74) is 2.05. The first kappa shape index (κ1) is 14.5. The predicted octanol–water partition coefficient (Wildman–Crippen LogP) is 1.58. The van der Waals surface area contributed by atoms with E-state index in [0.29, 0.717) is 5.69 Å². The Kier molecular flexibility index (Phi) is 3.54. The lowest BCUT2D eigenvalue weighted by atomic mass is 9.84. The number of amides is 2. The van der Waals surface area contributed by atoms with E-state index in [1.807, 2.05) is 46.8 Å². The summed E-state index contributed by atoms with van der Waals surface area (Å²) in [7, 11) is 0. The number of rotatable bonds is 1. The minimum atomic E-state index is -0.510. The average molecular weight is 275 g/mol. The summed E-state index contributed by atoms with van der Waals surface area (Å²) in [6.45, 7) is 9.64. The normalized spacial score (nSPS) is 20.1. The summed E-state index contributed by atoms with van der Waals surface area (Å²) in [5.74, 6) is -0.213. The lowest BCUT2D eigenvalue weighted by Gasteiger charge is -2.39. The minimum absolute atomic E-state index is 0.0526. The number of nitrogens with one attached hydrogen (secondary N) is 1. The molecule has 108 valence electrons. The van der Waals surface area contributed by atoms with Crippen LogP contribution in [0.15, 0.2) is 12.1 Å². The minimum Gasteiger partial charge on any atom is -0.342 e. The van der Waals surface area contributed by atoms with Crippen molar-refractivity contribution in [2.45, 2.75) is 40.7 Å². The first-order chi connectivity index (χ1) is 9.20. The van der Waals surface area contributed by atoms with Gasteiger partial charge in [0.05, 0.1) is 11.4 Å². The van der Waals surface area contributed by atoms with Gasteiger partial charge in [-0.1, -0.05) is 20.8 Å². The summed E-state index contributed by atoms with van der Waals surface area (Å²) < 4.78 is 0. The van der Waals surface area contributed by atoms with Crippen molar-refractivity contribution in [1.82, 2.24) is 10.3 Å². The van der Waals surface area contributed by atoms with Crippen LogP contribution in [-0.2, 0) is 9.59 Å². The summed E-state index contributed by atoms with van der Waals surface area (Å²) in [6, 6.07) is 3.20. The van der Waals surface area contributed by atoms with Gasteiger partial charge < -0.3 is 5.32 Å². The zero-order valence-corrected chi connectivity index (χ0v) is 12.7. The maximum atomic E-state index is 12.6. The Morgan fingerprint density at radius 2 is 1.90 bits per heavy atom. The summed E-state index contributed by atoms with van der Waals surface area (Å²) in [4.78, 5) is 30.4. The SMILES string of the molecule is Cc1ccc(N2CC(=O)NC(C(C)(C)C)C2=O)c(C)n1. The molecule has 20 heavy (non-hydrogen) atoms. The molecular weight excluding hydrogens is 254 g/mol. The first-order valence-corrected chi connectivity index (χ1v) is 6.75. The smallest absolute Gasteiger partial charge is 0.250 e. The highest BCUT2D eigenvalue weighted by atomic mass is 16.2.